The van der Waals surface area contributed by atoms with Crippen molar-refractivity contribution in [3.8, 4) is 0 Å². The summed E-state index contributed by atoms with van der Waals surface area (Å²) >= 11 is 4.46. The van der Waals surface area contributed by atoms with E-state index in [0.717, 1.165) is 18.2 Å². The molecule has 1 unspecified atom stereocenters. The molecule has 0 aromatic heterocycles. The molecule has 0 radical (unpaired) electrons. The topological polar surface area (TPSA) is 61.4 Å². The summed E-state index contributed by atoms with van der Waals surface area (Å²) in [5.74, 6) is -1.52. The molecule has 0 heterocycles. The summed E-state index contributed by atoms with van der Waals surface area (Å²) in [5, 5.41) is 0.0394. The van der Waals surface area contributed by atoms with Gasteiger partial charge in [-0.05, 0) is 58.4 Å². The monoisotopic (exact) mass is 413 g/mol. The number of carbonyl (C=O) groups excluding carboxylic acids is 1. The summed E-state index contributed by atoms with van der Waals surface area (Å²) in [6.07, 6.45) is -4.57. The van der Waals surface area contributed by atoms with Crippen molar-refractivity contribution >= 4 is 28.9 Å². The third-order valence-electron chi connectivity index (χ3n) is 3.61. The third kappa shape index (κ3) is 6.04. The van der Waals surface area contributed by atoms with Crippen LogP contribution in [0.25, 0.3) is 0 Å². The molecule has 0 amide bonds. The predicted octanol–water partition coefficient (Wildman–Crippen LogP) is 4.65. The fourth-order valence-corrected chi connectivity index (χ4v) is 3.25. The molecule has 0 aliphatic heterocycles. The van der Waals surface area contributed by atoms with Crippen molar-refractivity contribution in [1.29, 1.82) is 0 Å². The lowest BCUT2D eigenvalue weighted by Crippen LogP contribution is -2.44. The van der Waals surface area contributed by atoms with Gasteiger partial charge in [-0.15, -0.1) is 4.72 Å². The van der Waals surface area contributed by atoms with Gasteiger partial charge in [0.15, 0.2) is 0 Å². The summed E-state index contributed by atoms with van der Waals surface area (Å²) in [5.41, 5.74) is -0.860. The van der Waals surface area contributed by atoms with E-state index in [0.29, 0.717) is 0 Å². The quantitative estimate of drug-likeness (QED) is 0.544. The first-order valence-electron chi connectivity index (χ1n) is 8.00. The smallest absolute Gasteiger partial charge is 0.416 e. The largest absolute Gasteiger partial charge is 0.598 e. The second kappa shape index (κ2) is 8.82. The Labute approximate surface area is 159 Å². The maximum Gasteiger partial charge on any atom is 0.416 e. The number of ether oxygens (including phenoxy) is 1. The lowest BCUT2D eigenvalue weighted by Gasteiger charge is -2.31. The average molecular weight is 414 g/mol. The highest BCUT2D eigenvalue weighted by atomic mass is 35.5. The van der Waals surface area contributed by atoms with Gasteiger partial charge in [-0.1, -0.05) is 11.6 Å². The van der Waals surface area contributed by atoms with Crippen molar-refractivity contribution in [2.45, 2.75) is 51.6 Å². The van der Waals surface area contributed by atoms with Gasteiger partial charge in [-0.25, -0.2) is 0 Å². The van der Waals surface area contributed by atoms with Crippen LogP contribution < -0.4 is 4.72 Å². The number of esters is 1. The van der Waals surface area contributed by atoms with Gasteiger partial charge in [-0.2, -0.15) is 13.2 Å². The van der Waals surface area contributed by atoms with Crippen LogP contribution in [0.4, 0.5) is 13.2 Å². The molecule has 1 rings (SSSR count). The van der Waals surface area contributed by atoms with E-state index in [-0.39, 0.29) is 17.2 Å². The molecule has 148 valence electrons. The molecular weight excluding hydrogens is 391 g/mol. The first-order chi connectivity index (χ1) is 11.8. The van der Waals surface area contributed by atoms with Gasteiger partial charge in [0.25, 0.3) is 0 Å². The van der Waals surface area contributed by atoms with Gasteiger partial charge in [0.05, 0.1) is 24.1 Å². The molecule has 0 saturated heterocycles. The number of rotatable bonds is 6. The van der Waals surface area contributed by atoms with Crippen LogP contribution in [0.3, 0.4) is 0 Å². The fraction of sp³-hybridized carbons (Fsp3) is 0.588. The highest BCUT2D eigenvalue weighted by molar-refractivity contribution is 7.90. The van der Waals surface area contributed by atoms with Gasteiger partial charge >= 0.3 is 12.1 Å². The number of benzene rings is 1. The van der Waals surface area contributed by atoms with Crippen LogP contribution in [-0.4, -0.2) is 21.9 Å². The Morgan fingerprint density at radius 3 is 2.38 bits per heavy atom. The number of nitrogens with one attached hydrogen (secondary N) is 1. The minimum Gasteiger partial charge on any atom is -0.598 e. The maximum atomic E-state index is 13.1. The molecule has 1 aromatic carbocycles. The van der Waals surface area contributed by atoms with Gasteiger partial charge in [0, 0.05) is 16.4 Å². The predicted molar refractivity (Wildman–Crippen MR) is 96.0 cm³/mol. The van der Waals surface area contributed by atoms with Crippen molar-refractivity contribution in [3.05, 3.63) is 34.3 Å². The number of hydrogen-bond donors (Lipinski definition) is 1. The van der Waals surface area contributed by atoms with Crippen LogP contribution >= 0.6 is 11.6 Å². The average Bonchev–Trinajstić information content (AvgIpc) is 2.50. The molecule has 0 saturated carbocycles. The van der Waals surface area contributed by atoms with Crippen molar-refractivity contribution in [1.82, 2.24) is 4.72 Å². The van der Waals surface area contributed by atoms with Crippen LogP contribution in [-0.2, 0) is 27.1 Å². The van der Waals surface area contributed by atoms with Gasteiger partial charge in [-0.3, -0.25) is 4.79 Å². The normalized spacial score (nSPS) is 16.1. The summed E-state index contributed by atoms with van der Waals surface area (Å²) in [7, 11) is 0. The molecule has 3 atom stereocenters. The van der Waals surface area contributed by atoms with E-state index in [1.807, 2.05) is 0 Å². The summed E-state index contributed by atoms with van der Waals surface area (Å²) in [6, 6.07) is 1.84. The molecule has 9 heteroatoms. The molecule has 0 aliphatic carbocycles. The number of carbonyl (C=O) groups is 1. The number of halogens is 4. The molecule has 1 aromatic rings. The van der Waals surface area contributed by atoms with Crippen molar-refractivity contribution in [2.24, 2.45) is 5.92 Å². The zero-order chi connectivity index (χ0) is 20.3. The Morgan fingerprint density at radius 2 is 1.92 bits per heavy atom. The fourth-order valence-electron chi connectivity index (χ4n) is 2.10. The molecule has 0 bridgehead atoms. The van der Waals surface area contributed by atoms with Gasteiger partial charge in [0.2, 0.25) is 0 Å². The summed E-state index contributed by atoms with van der Waals surface area (Å²) in [6.45, 7) is 8.35. The van der Waals surface area contributed by atoms with Gasteiger partial charge in [0.1, 0.15) is 4.75 Å². The van der Waals surface area contributed by atoms with Crippen LogP contribution in [0.1, 0.15) is 51.8 Å². The summed E-state index contributed by atoms with van der Waals surface area (Å²) in [4.78, 5) is 12.2. The Morgan fingerprint density at radius 1 is 1.35 bits per heavy atom. The van der Waals surface area contributed by atoms with E-state index in [1.165, 1.54) is 6.92 Å². The van der Waals surface area contributed by atoms with E-state index < -0.39 is 45.8 Å². The third-order valence-corrected chi connectivity index (χ3v) is 5.53. The minimum atomic E-state index is -4.57. The standard InChI is InChI=1S/C17H23ClF3NO3S/c1-6-25-15(23)10(2)14(22-26(24)16(3,4)5)12-9-11(17(19,20)21)7-8-13(12)18/h7-10,14,22H,6H2,1-5H3/t10-,14-,26?/m0/s1. The van der Waals surface area contributed by atoms with E-state index in [1.54, 1.807) is 27.7 Å². The molecule has 4 nitrogen and oxygen atoms in total. The molecule has 1 N–H and O–H groups in total. The van der Waals surface area contributed by atoms with Crippen LogP contribution in [0, 0.1) is 5.92 Å². The highest BCUT2D eigenvalue weighted by Crippen LogP contribution is 2.37. The van der Waals surface area contributed by atoms with Crippen molar-refractivity contribution < 1.29 is 27.3 Å². The summed E-state index contributed by atoms with van der Waals surface area (Å²) < 4.78 is 58.8. The Balaban J connectivity index is 3.38. The minimum absolute atomic E-state index is 0.0394. The van der Waals surface area contributed by atoms with Crippen LogP contribution in [0.5, 0.6) is 0 Å². The molecular formula is C17H23ClF3NO3S. The number of alkyl halides is 3. The lowest BCUT2D eigenvalue weighted by molar-refractivity contribution is -0.148. The molecule has 0 aliphatic rings. The second-order valence-electron chi connectivity index (χ2n) is 6.75. The maximum absolute atomic E-state index is 13.1. The second-order valence-corrected chi connectivity index (χ2v) is 9.16. The van der Waals surface area contributed by atoms with Gasteiger partial charge < -0.3 is 9.29 Å². The van der Waals surface area contributed by atoms with Crippen molar-refractivity contribution in [2.75, 3.05) is 6.61 Å². The SMILES string of the molecule is CCOC(=O)[C@@H](C)[C@H](N[S+]([O-])C(C)(C)C)c1cc(C(F)(F)F)ccc1Cl. The molecule has 0 fully saturated rings. The van der Waals surface area contributed by atoms with E-state index in [2.05, 4.69) is 4.72 Å². The van der Waals surface area contributed by atoms with Crippen molar-refractivity contribution in [3.63, 3.8) is 0 Å². The molecule has 0 spiro atoms. The first-order valence-corrected chi connectivity index (χ1v) is 9.53. The van der Waals surface area contributed by atoms with Crippen LogP contribution in [0.15, 0.2) is 18.2 Å². The Bertz CT molecular complexity index is 635. The zero-order valence-corrected chi connectivity index (χ0v) is 16.8. The zero-order valence-electron chi connectivity index (χ0n) is 15.2. The Hall–Kier alpha value is -0.960. The van der Waals surface area contributed by atoms with E-state index in [4.69, 9.17) is 16.3 Å². The highest BCUT2D eigenvalue weighted by Gasteiger charge is 2.38. The Kier molecular flexibility index (Phi) is 7.83. The lowest BCUT2D eigenvalue weighted by atomic mass is 9.94. The van der Waals surface area contributed by atoms with Crippen LogP contribution in [0.2, 0.25) is 5.02 Å². The molecule has 26 heavy (non-hydrogen) atoms. The number of hydrogen-bond acceptors (Lipinski definition) is 4. The van der Waals surface area contributed by atoms with E-state index in [9.17, 15) is 22.5 Å². The van der Waals surface area contributed by atoms with E-state index >= 15 is 0 Å². The first kappa shape index (κ1) is 23.1.